The first-order chi connectivity index (χ1) is 13.1. The average molecular weight is 365 g/mol. The molecule has 7 heteroatoms. The second-order valence-electron chi connectivity index (χ2n) is 6.03. The van der Waals surface area contributed by atoms with E-state index in [4.69, 9.17) is 0 Å². The number of carbonyl (C=O) groups excluding carboxylic acids is 1. The van der Waals surface area contributed by atoms with Gasteiger partial charge in [0, 0.05) is 31.5 Å². The first kappa shape index (κ1) is 18.4. The van der Waals surface area contributed by atoms with Crippen molar-refractivity contribution < 1.29 is 9.18 Å². The van der Waals surface area contributed by atoms with Crippen LogP contribution in [0.1, 0.15) is 27.4 Å². The van der Waals surface area contributed by atoms with Gasteiger partial charge in [-0.1, -0.05) is 12.1 Å². The monoisotopic (exact) mass is 365 g/mol. The van der Waals surface area contributed by atoms with E-state index in [2.05, 4.69) is 25.6 Å². The molecule has 3 aromatic rings. The number of carbonyl (C=O) groups is 1. The lowest BCUT2D eigenvalue weighted by atomic mass is 10.1. The van der Waals surface area contributed by atoms with Crippen molar-refractivity contribution in [3.05, 3.63) is 83.3 Å². The van der Waals surface area contributed by atoms with Crippen LogP contribution in [0.4, 0.5) is 10.2 Å². The number of anilines is 1. The molecule has 138 valence electrons. The summed E-state index contributed by atoms with van der Waals surface area (Å²) in [7, 11) is 0. The van der Waals surface area contributed by atoms with Gasteiger partial charge in [0.05, 0.1) is 0 Å². The first-order valence-electron chi connectivity index (χ1n) is 8.61. The number of nitrogens with zero attached hydrogens (tertiary/aromatic N) is 3. The Hall–Kier alpha value is -3.35. The maximum atomic E-state index is 12.9. The van der Waals surface area contributed by atoms with Crippen LogP contribution in [0.5, 0.6) is 0 Å². The van der Waals surface area contributed by atoms with Crippen molar-refractivity contribution in [2.24, 2.45) is 0 Å². The van der Waals surface area contributed by atoms with Crippen LogP contribution in [-0.4, -0.2) is 27.4 Å². The molecule has 0 aliphatic rings. The highest BCUT2D eigenvalue weighted by Crippen LogP contribution is 2.09. The summed E-state index contributed by atoms with van der Waals surface area (Å²) < 4.78 is 12.9. The van der Waals surface area contributed by atoms with Crippen LogP contribution in [-0.2, 0) is 13.0 Å². The minimum absolute atomic E-state index is 0.249. The molecule has 1 aromatic carbocycles. The van der Waals surface area contributed by atoms with Crippen LogP contribution in [0.15, 0.2) is 54.9 Å². The molecule has 6 nitrogen and oxygen atoms in total. The molecule has 2 heterocycles. The van der Waals surface area contributed by atoms with Gasteiger partial charge in [-0.15, -0.1) is 0 Å². The maximum Gasteiger partial charge on any atom is 0.270 e. The third-order valence-electron chi connectivity index (χ3n) is 3.91. The molecule has 2 N–H and O–H groups in total. The summed E-state index contributed by atoms with van der Waals surface area (Å²) in [4.78, 5) is 24.8. The first-order valence-corrected chi connectivity index (χ1v) is 8.61. The summed E-state index contributed by atoms with van der Waals surface area (Å²) in [5, 5.41) is 6.02. The normalized spacial score (nSPS) is 10.4. The molecule has 0 aliphatic carbocycles. The summed E-state index contributed by atoms with van der Waals surface area (Å²) in [6, 6.07) is 11.7. The van der Waals surface area contributed by atoms with Crippen LogP contribution in [0.2, 0.25) is 0 Å². The highest BCUT2D eigenvalue weighted by Gasteiger charge is 2.10. The Labute approximate surface area is 156 Å². The SMILES string of the molecule is Cc1nc(NCCc2ccc(F)cc2)cc(C(=O)NCc2ccncc2)n1. The fourth-order valence-corrected chi connectivity index (χ4v) is 2.53. The third kappa shape index (κ3) is 5.57. The van der Waals surface area contributed by atoms with Crippen molar-refractivity contribution in [2.75, 3.05) is 11.9 Å². The molecule has 0 radical (unpaired) electrons. The van der Waals surface area contributed by atoms with Crippen LogP contribution < -0.4 is 10.6 Å². The Balaban J connectivity index is 1.58. The molecule has 27 heavy (non-hydrogen) atoms. The van der Waals surface area contributed by atoms with Crippen LogP contribution in [0.25, 0.3) is 0 Å². The molecule has 0 saturated heterocycles. The summed E-state index contributed by atoms with van der Waals surface area (Å²) in [5.41, 5.74) is 2.28. The minimum atomic E-state index is -0.265. The van der Waals surface area contributed by atoms with E-state index >= 15 is 0 Å². The van der Waals surface area contributed by atoms with E-state index in [1.807, 2.05) is 12.1 Å². The Morgan fingerprint density at radius 1 is 1.04 bits per heavy atom. The number of hydrogen-bond donors (Lipinski definition) is 2. The molecule has 0 bridgehead atoms. The molecule has 0 unspecified atom stereocenters. The van der Waals surface area contributed by atoms with Crippen molar-refractivity contribution in [1.29, 1.82) is 0 Å². The van der Waals surface area contributed by atoms with Crippen molar-refractivity contribution in [3.8, 4) is 0 Å². The van der Waals surface area contributed by atoms with Gasteiger partial charge in [0.25, 0.3) is 5.91 Å². The number of aromatic nitrogens is 3. The number of nitrogens with one attached hydrogen (secondary N) is 2. The number of hydrogen-bond acceptors (Lipinski definition) is 5. The predicted molar refractivity (Wildman–Crippen MR) is 101 cm³/mol. The quantitative estimate of drug-likeness (QED) is 0.673. The fourth-order valence-electron chi connectivity index (χ4n) is 2.53. The molecular formula is C20H20FN5O. The lowest BCUT2D eigenvalue weighted by Crippen LogP contribution is -2.24. The topological polar surface area (TPSA) is 79.8 Å². The molecule has 0 spiro atoms. The molecular weight excluding hydrogens is 345 g/mol. The third-order valence-corrected chi connectivity index (χ3v) is 3.91. The van der Waals surface area contributed by atoms with E-state index in [-0.39, 0.29) is 11.7 Å². The molecule has 0 aliphatic heterocycles. The summed E-state index contributed by atoms with van der Waals surface area (Å²) in [5.74, 6) is 0.578. The number of aryl methyl sites for hydroxylation is 1. The van der Waals surface area contributed by atoms with Crippen molar-refractivity contribution >= 4 is 11.7 Å². The lowest BCUT2D eigenvalue weighted by Gasteiger charge is -2.09. The van der Waals surface area contributed by atoms with Crippen LogP contribution >= 0.6 is 0 Å². The van der Waals surface area contributed by atoms with E-state index < -0.39 is 0 Å². The van der Waals surface area contributed by atoms with Gasteiger partial charge in [-0.05, 0) is 48.7 Å². The number of benzene rings is 1. The predicted octanol–water partition coefficient (Wildman–Crippen LogP) is 2.90. The number of rotatable bonds is 7. The molecule has 1 amide bonds. The molecule has 2 aromatic heterocycles. The van der Waals surface area contributed by atoms with Crippen LogP contribution in [0.3, 0.4) is 0 Å². The zero-order chi connectivity index (χ0) is 19.1. The van der Waals surface area contributed by atoms with Gasteiger partial charge in [0.1, 0.15) is 23.2 Å². The number of halogens is 1. The van der Waals surface area contributed by atoms with E-state index in [0.29, 0.717) is 36.8 Å². The highest BCUT2D eigenvalue weighted by molar-refractivity contribution is 5.92. The smallest absolute Gasteiger partial charge is 0.270 e. The van der Waals surface area contributed by atoms with Gasteiger partial charge < -0.3 is 10.6 Å². The van der Waals surface area contributed by atoms with Gasteiger partial charge in [-0.25, -0.2) is 14.4 Å². The van der Waals surface area contributed by atoms with Crippen LogP contribution in [0, 0.1) is 12.7 Å². The van der Waals surface area contributed by atoms with Gasteiger partial charge in [-0.3, -0.25) is 9.78 Å². The zero-order valence-electron chi connectivity index (χ0n) is 14.9. The molecule has 0 fully saturated rings. The van der Waals surface area contributed by atoms with E-state index in [0.717, 1.165) is 11.1 Å². The standard InChI is InChI=1S/C20H20FN5O/c1-14-25-18(20(27)24-13-16-6-9-22-10-7-16)12-19(26-14)23-11-8-15-2-4-17(21)5-3-15/h2-7,9-10,12H,8,11,13H2,1H3,(H,24,27)(H,23,25,26). The summed E-state index contributed by atoms with van der Waals surface area (Å²) in [6.45, 7) is 2.75. The second kappa shape index (κ2) is 8.84. The van der Waals surface area contributed by atoms with Crippen molar-refractivity contribution in [2.45, 2.75) is 19.9 Å². The average Bonchev–Trinajstić information content (AvgIpc) is 2.68. The van der Waals surface area contributed by atoms with Crippen molar-refractivity contribution in [1.82, 2.24) is 20.3 Å². The zero-order valence-corrected chi connectivity index (χ0v) is 14.9. The Bertz CT molecular complexity index is 900. The second-order valence-corrected chi connectivity index (χ2v) is 6.03. The highest BCUT2D eigenvalue weighted by atomic mass is 19.1. The Kier molecular flexibility index (Phi) is 6.04. The van der Waals surface area contributed by atoms with E-state index in [1.165, 1.54) is 12.1 Å². The maximum absolute atomic E-state index is 12.9. The van der Waals surface area contributed by atoms with Gasteiger partial charge in [0.2, 0.25) is 0 Å². The minimum Gasteiger partial charge on any atom is -0.370 e. The summed E-state index contributed by atoms with van der Waals surface area (Å²) in [6.07, 6.45) is 4.08. The van der Waals surface area contributed by atoms with E-state index in [1.54, 1.807) is 37.5 Å². The molecule has 0 saturated carbocycles. The van der Waals surface area contributed by atoms with Crippen molar-refractivity contribution in [3.63, 3.8) is 0 Å². The molecule has 0 atom stereocenters. The number of amides is 1. The fraction of sp³-hybridized carbons (Fsp3) is 0.200. The van der Waals surface area contributed by atoms with E-state index in [9.17, 15) is 9.18 Å². The van der Waals surface area contributed by atoms with Gasteiger partial charge in [0.15, 0.2) is 0 Å². The van der Waals surface area contributed by atoms with Gasteiger partial charge >= 0.3 is 0 Å². The summed E-state index contributed by atoms with van der Waals surface area (Å²) >= 11 is 0. The molecule has 3 rings (SSSR count). The lowest BCUT2D eigenvalue weighted by molar-refractivity contribution is 0.0945. The largest absolute Gasteiger partial charge is 0.370 e. The Morgan fingerprint density at radius 2 is 1.78 bits per heavy atom. The Morgan fingerprint density at radius 3 is 2.52 bits per heavy atom. The van der Waals surface area contributed by atoms with Gasteiger partial charge in [-0.2, -0.15) is 0 Å². The number of pyridine rings is 1.